The Labute approximate surface area is 99.6 Å². The number of benzene rings is 1. The first-order valence-electron chi connectivity index (χ1n) is 4.46. The molecule has 1 unspecified atom stereocenters. The lowest BCUT2D eigenvalue weighted by Gasteiger charge is -2.33. The van der Waals surface area contributed by atoms with Gasteiger partial charge in [0.1, 0.15) is 17.2 Å². The predicted molar refractivity (Wildman–Crippen MR) is 54.3 cm³/mol. The molecule has 1 aromatic rings. The number of aliphatic hydroxyl groups is 3. The molecule has 9 nitrogen and oxygen atoms in total. The largest absolute Gasteiger partial charge is 0.508 e. The number of aliphatic carboxylic acids is 1. The SMILES string of the molecule is NC(O)(C(=O)O)C(O)(O)c1c(O)cc(O)cc1O. The molecule has 0 heterocycles. The van der Waals surface area contributed by atoms with E-state index in [0.717, 1.165) is 0 Å². The van der Waals surface area contributed by atoms with Gasteiger partial charge in [-0.15, -0.1) is 0 Å². The second kappa shape index (κ2) is 3.99. The van der Waals surface area contributed by atoms with Crippen molar-refractivity contribution in [2.45, 2.75) is 11.5 Å². The summed E-state index contributed by atoms with van der Waals surface area (Å²) in [6.07, 6.45) is 0. The van der Waals surface area contributed by atoms with E-state index in [1.807, 2.05) is 0 Å². The number of carboxylic acids is 1. The third-order valence-corrected chi connectivity index (χ3v) is 2.29. The van der Waals surface area contributed by atoms with Gasteiger partial charge in [-0.1, -0.05) is 0 Å². The van der Waals surface area contributed by atoms with Crippen LogP contribution in [0.25, 0.3) is 0 Å². The number of hydrogen-bond acceptors (Lipinski definition) is 8. The summed E-state index contributed by atoms with van der Waals surface area (Å²) >= 11 is 0. The maximum absolute atomic E-state index is 10.6. The number of carboxylic acid groups (broad SMARTS) is 1. The highest BCUT2D eigenvalue weighted by Crippen LogP contribution is 2.41. The summed E-state index contributed by atoms with van der Waals surface area (Å²) in [6.45, 7) is 0. The average Bonchev–Trinajstić information content (AvgIpc) is 2.14. The molecule has 0 fully saturated rings. The van der Waals surface area contributed by atoms with Crippen LogP contribution in [-0.4, -0.2) is 47.4 Å². The van der Waals surface area contributed by atoms with Crippen LogP contribution in [0.2, 0.25) is 0 Å². The molecule has 0 saturated carbocycles. The van der Waals surface area contributed by atoms with E-state index < -0.39 is 40.3 Å². The highest BCUT2D eigenvalue weighted by atomic mass is 16.5. The summed E-state index contributed by atoms with van der Waals surface area (Å²) in [5.74, 6) is -8.66. The maximum atomic E-state index is 10.6. The van der Waals surface area contributed by atoms with Crippen LogP contribution in [0.4, 0.5) is 0 Å². The van der Waals surface area contributed by atoms with Crippen LogP contribution in [0.5, 0.6) is 17.2 Å². The molecule has 0 aliphatic rings. The Morgan fingerprint density at radius 1 is 1.06 bits per heavy atom. The molecular weight excluding hydrogens is 250 g/mol. The molecule has 0 aliphatic carbocycles. The highest BCUT2D eigenvalue weighted by molar-refractivity contribution is 5.78. The van der Waals surface area contributed by atoms with Gasteiger partial charge in [-0.05, 0) is 0 Å². The minimum absolute atomic E-state index is 0.591. The standard InChI is InChI=1S/C9H11NO8/c10-8(16,7(14)15)9(17,18)6-4(12)1-3(11)2-5(6)13/h1-2,11-13,16-18H,10H2,(H,14,15). The van der Waals surface area contributed by atoms with Crippen LogP contribution in [-0.2, 0) is 10.6 Å². The summed E-state index contributed by atoms with van der Waals surface area (Å²) < 4.78 is 0. The Hall–Kier alpha value is -2.07. The molecule has 100 valence electrons. The van der Waals surface area contributed by atoms with Crippen LogP contribution < -0.4 is 5.73 Å². The molecule has 9 N–H and O–H groups in total. The maximum Gasteiger partial charge on any atom is 0.357 e. The van der Waals surface area contributed by atoms with Gasteiger partial charge >= 0.3 is 5.97 Å². The van der Waals surface area contributed by atoms with Crippen LogP contribution in [0.1, 0.15) is 5.56 Å². The topological polar surface area (TPSA) is 185 Å². The molecule has 1 aromatic carbocycles. The third-order valence-electron chi connectivity index (χ3n) is 2.29. The monoisotopic (exact) mass is 261 g/mol. The van der Waals surface area contributed by atoms with E-state index in [0.29, 0.717) is 12.1 Å². The van der Waals surface area contributed by atoms with Crippen LogP contribution in [0.3, 0.4) is 0 Å². The van der Waals surface area contributed by atoms with Crippen LogP contribution >= 0.6 is 0 Å². The minimum Gasteiger partial charge on any atom is -0.508 e. The molecule has 0 radical (unpaired) electrons. The average molecular weight is 261 g/mol. The lowest BCUT2D eigenvalue weighted by molar-refractivity contribution is -0.280. The number of hydrogen-bond donors (Lipinski definition) is 8. The molecule has 0 spiro atoms. The Kier molecular flexibility index (Phi) is 3.11. The van der Waals surface area contributed by atoms with E-state index in [9.17, 15) is 30.3 Å². The first kappa shape index (κ1) is 14.0. The van der Waals surface area contributed by atoms with Crippen molar-refractivity contribution in [3.05, 3.63) is 17.7 Å². The summed E-state index contributed by atoms with van der Waals surface area (Å²) in [7, 11) is 0. The summed E-state index contributed by atoms with van der Waals surface area (Å²) in [6, 6.07) is 1.18. The first-order chi connectivity index (χ1) is 8.01. The zero-order chi connectivity index (χ0) is 14.3. The van der Waals surface area contributed by atoms with Crippen molar-refractivity contribution < 1.29 is 40.5 Å². The van der Waals surface area contributed by atoms with Crippen molar-refractivity contribution in [2.24, 2.45) is 5.73 Å². The number of nitrogens with two attached hydrogens (primary N) is 1. The summed E-state index contributed by atoms with van der Waals surface area (Å²) in [5, 5.41) is 64.6. The molecule has 0 saturated heterocycles. The van der Waals surface area contributed by atoms with Crippen molar-refractivity contribution in [3.8, 4) is 17.2 Å². The van der Waals surface area contributed by atoms with Gasteiger partial charge in [0, 0.05) is 12.1 Å². The molecule has 0 amide bonds. The fraction of sp³-hybridized carbons (Fsp3) is 0.222. The second-order valence-electron chi connectivity index (χ2n) is 3.60. The summed E-state index contributed by atoms with van der Waals surface area (Å²) in [4.78, 5) is 10.6. The van der Waals surface area contributed by atoms with Gasteiger partial charge in [-0.3, -0.25) is 5.73 Å². The van der Waals surface area contributed by atoms with E-state index in [-0.39, 0.29) is 0 Å². The number of phenols is 3. The third kappa shape index (κ3) is 1.91. The van der Waals surface area contributed by atoms with E-state index >= 15 is 0 Å². The normalized spacial score (nSPS) is 15.1. The Morgan fingerprint density at radius 2 is 1.44 bits per heavy atom. The Bertz CT molecular complexity index is 472. The summed E-state index contributed by atoms with van der Waals surface area (Å²) in [5.41, 5.74) is 0.0586. The quantitative estimate of drug-likeness (QED) is 0.276. The first-order valence-corrected chi connectivity index (χ1v) is 4.46. The van der Waals surface area contributed by atoms with E-state index in [1.165, 1.54) is 0 Å². The molecular formula is C9H11NO8. The molecule has 0 aromatic heterocycles. The number of phenolic OH excluding ortho intramolecular Hbond substituents is 3. The predicted octanol–water partition coefficient (Wildman–Crippen LogP) is -2.33. The van der Waals surface area contributed by atoms with Crippen molar-refractivity contribution in [1.82, 2.24) is 0 Å². The van der Waals surface area contributed by atoms with E-state index in [1.54, 1.807) is 0 Å². The molecule has 0 bridgehead atoms. The molecule has 9 heteroatoms. The minimum atomic E-state index is -3.69. The zero-order valence-corrected chi connectivity index (χ0v) is 8.77. The Morgan fingerprint density at radius 3 is 1.78 bits per heavy atom. The van der Waals surface area contributed by atoms with Crippen molar-refractivity contribution in [3.63, 3.8) is 0 Å². The highest BCUT2D eigenvalue weighted by Gasteiger charge is 2.56. The van der Waals surface area contributed by atoms with Gasteiger partial charge in [0.2, 0.25) is 0 Å². The van der Waals surface area contributed by atoms with Gasteiger partial charge in [0.25, 0.3) is 11.5 Å². The van der Waals surface area contributed by atoms with Gasteiger partial charge < -0.3 is 35.7 Å². The molecule has 1 rings (SSSR count). The number of carbonyl (C=O) groups is 1. The molecule has 0 aliphatic heterocycles. The van der Waals surface area contributed by atoms with Gasteiger partial charge in [0.05, 0.1) is 5.56 Å². The fourth-order valence-corrected chi connectivity index (χ4v) is 1.29. The van der Waals surface area contributed by atoms with Gasteiger partial charge in [0.15, 0.2) is 0 Å². The fourth-order valence-electron chi connectivity index (χ4n) is 1.29. The van der Waals surface area contributed by atoms with Crippen molar-refractivity contribution in [2.75, 3.05) is 0 Å². The zero-order valence-electron chi connectivity index (χ0n) is 8.77. The smallest absolute Gasteiger partial charge is 0.357 e. The molecule has 1 atom stereocenters. The van der Waals surface area contributed by atoms with Crippen molar-refractivity contribution in [1.29, 1.82) is 0 Å². The second-order valence-corrected chi connectivity index (χ2v) is 3.60. The van der Waals surface area contributed by atoms with Crippen molar-refractivity contribution >= 4 is 5.97 Å². The van der Waals surface area contributed by atoms with Gasteiger partial charge in [-0.25, -0.2) is 4.79 Å². The molecule has 18 heavy (non-hydrogen) atoms. The van der Waals surface area contributed by atoms with E-state index in [2.05, 4.69) is 0 Å². The number of rotatable bonds is 3. The van der Waals surface area contributed by atoms with E-state index in [4.69, 9.17) is 15.9 Å². The van der Waals surface area contributed by atoms with Crippen LogP contribution in [0.15, 0.2) is 12.1 Å². The van der Waals surface area contributed by atoms with Gasteiger partial charge in [-0.2, -0.15) is 0 Å². The van der Waals surface area contributed by atoms with Crippen LogP contribution in [0, 0.1) is 0 Å². The lowest BCUT2D eigenvalue weighted by Crippen LogP contribution is -2.63. The lowest BCUT2D eigenvalue weighted by atomic mass is 9.93. The number of aromatic hydroxyl groups is 3. The Balaban J connectivity index is 3.51.